The standard InChI is InChI=1S/C19H16ClN5O4/c20-13-5-3-12(4-6-13)17-22-18(29-23-17)16-2-1-11-24(16)19(26)21-14-7-9-15(10-8-14)25(27)28/h3-10,16H,1-2,11H2,(H,21,26). The average Bonchev–Trinajstić information content (AvgIpc) is 3.38. The summed E-state index contributed by atoms with van der Waals surface area (Å²) in [6, 6.07) is 12.1. The van der Waals surface area contributed by atoms with Crippen LogP contribution in [0.3, 0.4) is 0 Å². The number of non-ortho nitro benzene ring substituents is 1. The van der Waals surface area contributed by atoms with Crippen molar-refractivity contribution in [3.05, 3.63) is 69.6 Å². The molecule has 1 unspecified atom stereocenters. The molecule has 0 saturated carbocycles. The van der Waals surface area contributed by atoms with E-state index in [1.54, 1.807) is 29.2 Å². The molecular weight excluding hydrogens is 398 g/mol. The molecule has 1 atom stereocenters. The number of amides is 2. The van der Waals surface area contributed by atoms with E-state index >= 15 is 0 Å². The van der Waals surface area contributed by atoms with E-state index in [1.807, 2.05) is 0 Å². The number of hydrogen-bond donors (Lipinski definition) is 1. The molecule has 0 radical (unpaired) electrons. The van der Waals surface area contributed by atoms with E-state index in [-0.39, 0.29) is 17.8 Å². The first-order valence-corrected chi connectivity index (χ1v) is 9.31. The number of nitrogens with one attached hydrogen (secondary N) is 1. The highest BCUT2D eigenvalue weighted by atomic mass is 35.5. The molecule has 2 amide bonds. The lowest BCUT2D eigenvalue weighted by molar-refractivity contribution is -0.384. The van der Waals surface area contributed by atoms with E-state index in [2.05, 4.69) is 15.5 Å². The molecule has 1 aliphatic heterocycles. The van der Waals surface area contributed by atoms with Crippen LogP contribution in [-0.4, -0.2) is 32.5 Å². The van der Waals surface area contributed by atoms with Gasteiger partial charge in [0.1, 0.15) is 6.04 Å². The molecule has 1 saturated heterocycles. The third-order valence-corrected chi connectivity index (χ3v) is 4.92. The molecule has 10 heteroatoms. The van der Waals surface area contributed by atoms with Crippen molar-refractivity contribution in [3.63, 3.8) is 0 Å². The first kappa shape index (κ1) is 18.9. The minimum Gasteiger partial charge on any atom is -0.337 e. The number of nitro benzene ring substituents is 1. The van der Waals surface area contributed by atoms with Gasteiger partial charge in [0.15, 0.2) is 0 Å². The SMILES string of the molecule is O=C(Nc1ccc([N+](=O)[O-])cc1)N1CCCC1c1nc(-c2ccc(Cl)cc2)no1. The van der Waals surface area contributed by atoms with Gasteiger partial charge < -0.3 is 14.7 Å². The maximum atomic E-state index is 12.7. The quantitative estimate of drug-likeness (QED) is 0.491. The number of likely N-dealkylation sites (tertiary alicyclic amines) is 1. The van der Waals surface area contributed by atoms with E-state index in [0.29, 0.717) is 35.4 Å². The Hall–Kier alpha value is -3.46. The number of hydrogen-bond acceptors (Lipinski definition) is 6. The highest BCUT2D eigenvalue weighted by molar-refractivity contribution is 6.30. The van der Waals surface area contributed by atoms with Crippen LogP contribution >= 0.6 is 11.6 Å². The molecule has 3 aromatic rings. The number of rotatable bonds is 4. The lowest BCUT2D eigenvalue weighted by atomic mass is 10.2. The zero-order chi connectivity index (χ0) is 20.4. The van der Waals surface area contributed by atoms with Crippen LogP contribution in [0, 0.1) is 10.1 Å². The van der Waals surface area contributed by atoms with Gasteiger partial charge in [0.25, 0.3) is 5.69 Å². The van der Waals surface area contributed by atoms with Crippen LogP contribution in [0.5, 0.6) is 0 Å². The molecule has 0 bridgehead atoms. The Bertz CT molecular complexity index is 1040. The predicted octanol–water partition coefficient (Wildman–Crippen LogP) is 4.67. The lowest BCUT2D eigenvalue weighted by Gasteiger charge is -2.22. The van der Waals surface area contributed by atoms with Crippen molar-refractivity contribution in [1.82, 2.24) is 15.0 Å². The van der Waals surface area contributed by atoms with E-state index in [4.69, 9.17) is 16.1 Å². The maximum Gasteiger partial charge on any atom is 0.322 e. The lowest BCUT2D eigenvalue weighted by Crippen LogP contribution is -2.34. The first-order valence-electron chi connectivity index (χ1n) is 8.93. The number of benzene rings is 2. The van der Waals surface area contributed by atoms with Crippen molar-refractivity contribution in [2.45, 2.75) is 18.9 Å². The summed E-state index contributed by atoms with van der Waals surface area (Å²) < 4.78 is 5.42. The molecule has 4 rings (SSSR count). The van der Waals surface area contributed by atoms with Crippen molar-refractivity contribution in [2.75, 3.05) is 11.9 Å². The summed E-state index contributed by atoms with van der Waals surface area (Å²) >= 11 is 5.90. The monoisotopic (exact) mass is 413 g/mol. The second kappa shape index (κ2) is 7.88. The van der Waals surface area contributed by atoms with Gasteiger partial charge in [0.05, 0.1) is 4.92 Å². The molecule has 9 nitrogen and oxygen atoms in total. The number of carbonyl (C=O) groups is 1. The third-order valence-electron chi connectivity index (χ3n) is 4.67. The van der Waals surface area contributed by atoms with Gasteiger partial charge in [-0.25, -0.2) is 4.79 Å². The zero-order valence-corrected chi connectivity index (χ0v) is 15.9. The fraction of sp³-hybridized carbons (Fsp3) is 0.211. The molecule has 1 N–H and O–H groups in total. The number of urea groups is 1. The van der Waals surface area contributed by atoms with Crippen molar-refractivity contribution in [3.8, 4) is 11.4 Å². The summed E-state index contributed by atoms with van der Waals surface area (Å²) in [4.78, 5) is 29.0. The van der Waals surface area contributed by atoms with Crippen LogP contribution in [0.25, 0.3) is 11.4 Å². The normalized spacial score (nSPS) is 16.0. The summed E-state index contributed by atoms with van der Waals surface area (Å²) in [6.45, 7) is 0.544. The molecule has 1 aliphatic rings. The minimum absolute atomic E-state index is 0.0392. The fourth-order valence-corrected chi connectivity index (χ4v) is 3.34. The zero-order valence-electron chi connectivity index (χ0n) is 15.1. The van der Waals surface area contributed by atoms with E-state index in [0.717, 1.165) is 12.0 Å². The van der Waals surface area contributed by atoms with Gasteiger partial charge in [-0.3, -0.25) is 10.1 Å². The Morgan fingerprint density at radius 1 is 1.21 bits per heavy atom. The Balaban J connectivity index is 1.48. The number of carbonyl (C=O) groups excluding carboxylic acids is 1. The highest BCUT2D eigenvalue weighted by Gasteiger charge is 2.34. The molecule has 1 aromatic heterocycles. The van der Waals surface area contributed by atoms with Crippen LogP contribution in [-0.2, 0) is 0 Å². The van der Waals surface area contributed by atoms with Gasteiger partial charge >= 0.3 is 6.03 Å². The second-order valence-electron chi connectivity index (χ2n) is 6.55. The Kier molecular flexibility index (Phi) is 5.13. The van der Waals surface area contributed by atoms with Gasteiger partial charge in [0.2, 0.25) is 11.7 Å². The third kappa shape index (κ3) is 4.04. The average molecular weight is 414 g/mol. The van der Waals surface area contributed by atoms with E-state index in [1.165, 1.54) is 24.3 Å². The van der Waals surface area contributed by atoms with Crippen LogP contribution in [0.2, 0.25) is 5.02 Å². The Morgan fingerprint density at radius 2 is 1.93 bits per heavy atom. The van der Waals surface area contributed by atoms with Gasteiger partial charge in [-0.1, -0.05) is 16.8 Å². The van der Waals surface area contributed by atoms with Crippen molar-refractivity contribution >= 4 is 29.0 Å². The van der Waals surface area contributed by atoms with E-state index in [9.17, 15) is 14.9 Å². The predicted molar refractivity (Wildman–Crippen MR) is 106 cm³/mol. The molecule has 1 fully saturated rings. The first-order chi connectivity index (χ1) is 14.0. The molecule has 29 heavy (non-hydrogen) atoms. The van der Waals surface area contributed by atoms with Crippen molar-refractivity contribution < 1.29 is 14.2 Å². The van der Waals surface area contributed by atoms with Gasteiger partial charge in [-0.2, -0.15) is 4.98 Å². The fourth-order valence-electron chi connectivity index (χ4n) is 3.22. The van der Waals surface area contributed by atoms with Crippen LogP contribution < -0.4 is 5.32 Å². The van der Waals surface area contributed by atoms with Crippen molar-refractivity contribution in [1.29, 1.82) is 0 Å². The van der Waals surface area contributed by atoms with Crippen LogP contribution in [0.15, 0.2) is 53.1 Å². The van der Waals surface area contributed by atoms with E-state index < -0.39 is 4.92 Å². The molecule has 148 valence electrons. The number of nitrogens with zero attached hydrogens (tertiary/aromatic N) is 4. The molecular formula is C19H16ClN5O4. The second-order valence-corrected chi connectivity index (χ2v) is 6.99. The van der Waals surface area contributed by atoms with Gasteiger partial charge in [0, 0.05) is 35.0 Å². The summed E-state index contributed by atoms with van der Waals surface area (Å²) in [7, 11) is 0. The number of aromatic nitrogens is 2. The summed E-state index contributed by atoms with van der Waals surface area (Å²) in [5.41, 5.74) is 1.20. The van der Waals surface area contributed by atoms with Gasteiger partial charge in [-0.15, -0.1) is 0 Å². The summed E-state index contributed by atoms with van der Waals surface area (Å²) in [5, 5.41) is 18.1. The minimum atomic E-state index is -0.490. The highest BCUT2D eigenvalue weighted by Crippen LogP contribution is 2.32. The molecule has 2 aromatic carbocycles. The van der Waals surface area contributed by atoms with Crippen molar-refractivity contribution in [2.24, 2.45) is 0 Å². The summed E-state index contributed by atoms with van der Waals surface area (Å²) in [6.07, 6.45) is 1.51. The Labute approximate surface area is 170 Å². The number of anilines is 1. The van der Waals surface area contributed by atoms with Crippen LogP contribution in [0.4, 0.5) is 16.2 Å². The molecule has 2 heterocycles. The van der Waals surface area contributed by atoms with Crippen LogP contribution in [0.1, 0.15) is 24.8 Å². The maximum absolute atomic E-state index is 12.7. The molecule has 0 spiro atoms. The Morgan fingerprint density at radius 3 is 2.62 bits per heavy atom. The number of nitro groups is 1. The van der Waals surface area contributed by atoms with Gasteiger partial charge in [-0.05, 0) is 49.2 Å². The largest absolute Gasteiger partial charge is 0.337 e. The summed E-state index contributed by atoms with van der Waals surface area (Å²) in [5.74, 6) is 0.797. The molecule has 0 aliphatic carbocycles. The topological polar surface area (TPSA) is 114 Å². The number of halogens is 1. The smallest absolute Gasteiger partial charge is 0.322 e.